The quantitative estimate of drug-likeness (QED) is 0.819. The van der Waals surface area contributed by atoms with E-state index in [0.717, 1.165) is 11.3 Å². The molecule has 0 aliphatic carbocycles. The number of hydrogen-bond donors (Lipinski definition) is 1. The van der Waals surface area contributed by atoms with Crippen LogP contribution in [0.3, 0.4) is 0 Å². The van der Waals surface area contributed by atoms with Gasteiger partial charge in [0.1, 0.15) is 6.04 Å². The first kappa shape index (κ1) is 12.5. The number of carbonyl (C=O) groups is 2. The van der Waals surface area contributed by atoms with Crippen molar-refractivity contribution >= 4 is 17.5 Å². The lowest BCUT2D eigenvalue weighted by atomic mass is 10.2. The number of nitrogens with one attached hydrogen (secondary N) is 1. The number of hydrogen-bond acceptors (Lipinski definition) is 4. The number of nitrogens with zero attached hydrogens (tertiary/aromatic N) is 2. The Morgan fingerprint density at radius 3 is 2.72 bits per heavy atom. The third-order valence-electron chi connectivity index (χ3n) is 3.05. The molecule has 5 heteroatoms. The summed E-state index contributed by atoms with van der Waals surface area (Å²) in [6.45, 7) is 5.60. The standard InChI is InChI=1S/C13H17N3O2/c1-8(2)16-12(17)6-11(13(16)18)15-10-4-5-14-7-9(10)3/h4-5,7-8,11H,6H2,1-3H3,(H,14,15). The van der Waals surface area contributed by atoms with E-state index in [1.165, 1.54) is 4.90 Å². The molecule has 1 N–H and O–H groups in total. The largest absolute Gasteiger partial charge is 0.373 e. The van der Waals surface area contributed by atoms with Gasteiger partial charge in [-0.15, -0.1) is 0 Å². The average Bonchev–Trinajstić information content (AvgIpc) is 2.57. The van der Waals surface area contributed by atoms with E-state index in [2.05, 4.69) is 10.3 Å². The summed E-state index contributed by atoms with van der Waals surface area (Å²) < 4.78 is 0. The second-order valence-corrected chi connectivity index (χ2v) is 4.79. The Balaban J connectivity index is 2.15. The van der Waals surface area contributed by atoms with Crippen LogP contribution in [-0.2, 0) is 9.59 Å². The van der Waals surface area contributed by atoms with Crippen LogP contribution in [0.5, 0.6) is 0 Å². The third-order valence-corrected chi connectivity index (χ3v) is 3.05. The molecule has 0 saturated carbocycles. The van der Waals surface area contributed by atoms with E-state index in [4.69, 9.17) is 0 Å². The highest BCUT2D eigenvalue weighted by Gasteiger charge is 2.39. The van der Waals surface area contributed by atoms with Gasteiger partial charge in [-0.2, -0.15) is 0 Å². The highest BCUT2D eigenvalue weighted by atomic mass is 16.2. The van der Waals surface area contributed by atoms with Gasteiger partial charge in [0, 0.05) is 24.1 Å². The van der Waals surface area contributed by atoms with Crippen LogP contribution in [0.25, 0.3) is 0 Å². The minimum Gasteiger partial charge on any atom is -0.373 e. The molecule has 2 amide bonds. The molecule has 0 aromatic carbocycles. The summed E-state index contributed by atoms with van der Waals surface area (Å²) in [5.74, 6) is -0.259. The molecule has 0 radical (unpaired) electrons. The van der Waals surface area contributed by atoms with Gasteiger partial charge in [0.05, 0.1) is 6.42 Å². The minimum atomic E-state index is -0.457. The number of carbonyl (C=O) groups excluding carboxylic acids is 2. The van der Waals surface area contributed by atoms with Crippen LogP contribution in [0.2, 0.25) is 0 Å². The molecule has 5 nitrogen and oxygen atoms in total. The molecule has 1 aromatic heterocycles. The van der Waals surface area contributed by atoms with Crippen molar-refractivity contribution in [1.82, 2.24) is 9.88 Å². The maximum Gasteiger partial charge on any atom is 0.252 e. The molecular weight excluding hydrogens is 230 g/mol. The van der Waals surface area contributed by atoms with E-state index in [1.54, 1.807) is 12.4 Å². The fourth-order valence-corrected chi connectivity index (χ4v) is 2.13. The van der Waals surface area contributed by atoms with Gasteiger partial charge in [-0.3, -0.25) is 19.5 Å². The Kier molecular flexibility index (Phi) is 3.32. The van der Waals surface area contributed by atoms with E-state index in [-0.39, 0.29) is 24.3 Å². The van der Waals surface area contributed by atoms with Gasteiger partial charge in [0.25, 0.3) is 5.91 Å². The van der Waals surface area contributed by atoms with Crippen LogP contribution in [0.4, 0.5) is 5.69 Å². The molecule has 1 aliphatic rings. The van der Waals surface area contributed by atoms with Crippen molar-refractivity contribution in [3.63, 3.8) is 0 Å². The predicted octanol–water partition coefficient (Wildman–Crippen LogP) is 1.34. The fraction of sp³-hybridized carbons (Fsp3) is 0.462. The van der Waals surface area contributed by atoms with Crippen molar-refractivity contribution in [3.05, 3.63) is 24.0 Å². The Morgan fingerprint density at radius 2 is 2.17 bits per heavy atom. The molecule has 2 heterocycles. The normalized spacial score (nSPS) is 19.8. The molecule has 2 rings (SSSR count). The fourth-order valence-electron chi connectivity index (χ4n) is 2.13. The lowest BCUT2D eigenvalue weighted by molar-refractivity contribution is -0.140. The molecule has 0 spiro atoms. The molecule has 1 unspecified atom stereocenters. The van der Waals surface area contributed by atoms with Gasteiger partial charge in [-0.05, 0) is 32.4 Å². The highest BCUT2D eigenvalue weighted by molar-refractivity contribution is 6.07. The molecule has 1 atom stereocenters. The molecular formula is C13H17N3O2. The molecule has 18 heavy (non-hydrogen) atoms. The summed E-state index contributed by atoms with van der Waals surface area (Å²) >= 11 is 0. The first-order valence-electron chi connectivity index (χ1n) is 6.03. The summed E-state index contributed by atoms with van der Waals surface area (Å²) in [5.41, 5.74) is 1.81. The summed E-state index contributed by atoms with van der Waals surface area (Å²) in [7, 11) is 0. The zero-order chi connectivity index (χ0) is 13.3. The van der Waals surface area contributed by atoms with Crippen molar-refractivity contribution in [2.75, 3.05) is 5.32 Å². The number of anilines is 1. The number of aryl methyl sites for hydroxylation is 1. The summed E-state index contributed by atoms with van der Waals surface area (Å²) in [6.07, 6.45) is 3.61. The molecule has 0 bridgehead atoms. The predicted molar refractivity (Wildman–Crippen MR) is 68.0 cm³/mol. The number of rotatable bonds is 3. The second-order valence-electron chi connectivity index (χ2n) is 4.79. The van der Waals surface area contributed by atoms with Crippen molar-refractivity contribution < 1.29 is 9.59 Å². The van der Waals surface area contributed by atoms with E-state index < -0.39 is 6.04 Å². The van der Waals surface area contributed by atoms with Crippen molar-refractivity contribution in [3.8, 4) is 0 Å². The number of pyridine rings is 1. The first-order chi connectivity index (χ1) is 8.50. The van der Waals surface area contributed by atoms with Crippen LogP contribution in [0.15, 0.2) is 18.5 Å². The van der Waals surface area contributed by atoms with Gasteiger partial charge in [0.15, 0.2) is 0 Å². The molecule has 1 fully saturated rings. The number of amides is 2. The second kappa shape index (κ2) is 4.76. The minimum absolute atomic E-state index is 0.0877. The zero-order valence-electron chi connectivity index (χ0n) is 10.8. The van der Waals surface area contributed by atoms with Gasteiger partial charge in [-0.1, -0.05) is 0 Å². The smallest absolute Gasteiger partial charge is 0.252 e. The first-order valence-corrected chi connectivity index (χ1v) is 6.03. The van der Waals surface area contributed by atoms with Crippen LogP contribution in [-0.4, -0.2) is 33.8 Å². The van der Waals surface area contributed by atoms with Gasteiger partial charge < -0.3 is 5.32 Å². The Labute approximate surface area is 106 Å². The SMILES string of the molecule is Cc1cnccc1NC1CC(=O)N(C(C)C)C1=O. The van der Waals surface area contributed by atoms with Crippen molar-refractivity contribution in [1.29, 1.82) is 0 Å². The molecule has 1 saturated heterocycles. The van der Waals surface area contributed by atoms with E-state index in [0.29, 0.717) is 0 Å². The van der Waals surface area contributed by atoms with Crippen LogP contribution in [0, 0.1) is 6.92 Å². The summed E-state index contributed by atoms with van der Waals surface area (Å²) in [4.78, 5) is 29.2. The Hall–Kier alpha value is -1.91. The lowest BCUT2D eigenvalue weighted by Crippen LogP contribution is -2.39. The van der Waals surface area contributed by atoms with Gasteiger partial charge in [-0.25, -0.2) is 0 Å². The van der Waals surface area contributed by atoms with E-state index in [1.807, 2.05) is 26.8 Å². The Morgan fingerprint density at radius 1 is 1.44 bits per heavy atom. The van der Waals surface area contributed by atoms with Crippen molar-refractivity contribution in [2.24, 2.45) is 0 Å². The molecule has 96 valence electrons. The van der Waals surface area contributed by atoms with Crippen LogP contribution in [0.1, 0.15) is 25.8 Å². The zero-order valence-corrected chi connectivity index (χ0v) is 10.8. The maximum atomic E-state index is 12.1. The number of likely N-dealkylation sites (tertiary alicyclic amines) is 1. The third kappa shape index (κ3) is 2.20. The number of aromatic nitrogens is 1. The van der Waals surface area contributed by atoms with E-state index in [9.17, 15) is 9.59 Å². The molecule has 1 aliphatic heterocycles. The van der Waals surface area contributed by atoms with Gasteiger partial charge in [0.2, 0.25) is 5.91 Å². The summed E-state index contributed by atoms with van der Waals surface area (Å²) in [6, 6.07) is 1.27. The monoisotopic (exact) mass is 247 g/mol. The lowest BCUT2D eigenvalue weighted by Gasteiger charge is -2.19. The van der Waals surface area contributed by atoms with Crippen LogP contribution < -0.4 is 5.32 Å². The van der Waals surface area contributed by atoms with Crippen LogP contribution >= 0.6 is 0 Å². The highest BCUT2D eigenvalue weighted by Crippen LogP contribution is 2.21. The van der Waals surface area contributed by atoms with E-state index >= 15 is 0 Å². The van der Waals surface area contributed by atoms with Gasteiger partial charge >= 0.3 is 0 Å². The number of imide groups is 1. The topological polar surface area (TPSA) is 62.3 Å². The molecule has 1 aromatic rings. The van der Waals surface area contributed by atoms with Crippen molar-refractivity contribution in [2.45, 2.75) is 39.3 Å². The summed E-state index contributed by atoms with van der Waals surface area (Å²) in [5, 5.41) is 3.12. The Bertz CT molecular complexity index is 485. The average molecular weight is 247 g/mol. The maximum absolute atomic E-state index is 12.1.